The molecule has 1 atom stereocenters. The van der Waals surface area contributed by atoms with Crippen LogP contribution in [0.3, 0.4) is 0 Å². The van der Waals surface area contributed by atoms with Crippen molar-refractivity contribution in [2.75, 3.05) is 20.6 Å². The molecule has 0 saturated heterocycles. The molecule has 3 heterocycles. The lowest BCUT2D eigenvalue weighted by Crippen LogP contribution is -2.36. The van der Waals surface area contributed by atoms with E-state index < -0.39 is 0 Å². The highest BCUT2D eigenvalue weighted by Gasteiger charge is 2.28. The molecule has 2 aliphatic rings. The van der Waals surface area contributed by atoms with Crippen molar-refractivity contribution in [3.05, 3.63) is 16.4 Å². The van der Waals surface area contributed by atoms with E-state index in [1.807, 2.05) is 23.7 Å². The number of nitrogens with zero attached hydrogens (tertiary/aromatic N) is 5. The van der Waals surface area contributed by atoms with E-state index in [1.165, 1.54) is 0 Å². The first-order valence-corrected chi connectivity index (χ1v) is 6.96. The number of rotatable bonds is 1. The summed E-state index contributed by atoms with van der Waals surface area (Å²) in [6, 6.07) is 0. The quantitative estimate of drug-likeness (QED) is 0.832. The standard InChI is InChI=1S/C12H19ClN6/c1-8-14-12(18(3)15-8)11-10(13)9-7-17(2)5-4-6-19(9)16-11/h8,15H,4-7H2,1-3H3. The zero-order valence-corrected chi connectivity index (χ0v) is 12.3. The number of aliphatic imine (C=N–C) groups is 1. The summed E-state index contributed by atoms with van der Waals surface area (Å²) in [5.74, 6) is 0.820. The Hall–Kier alpha value is -1.11. The van der Waals surface area contributed by atoms with Crippen LogP contribution in [0.5, 0.6) is 0 Å². The number of aromatic nitrogens is 2. The second kappa shape index (κ2) is 4.77. The second-order valence-corrected chi connectivity index (χ2v) is 5.62. The summed E-state index contributed by atoms with van der Waals surface area (Å²) in [4.78, 5) is 6.82. The number of hydrazine groups is 1. The number of fused-ring (bicyclic) bond motifs is 1. The molecule has 0 amide bonds. The van der Waals surface area contributed by atoms with Gasteiger partial charge in [-0.25, -0.2) is 10.4 Å². The van der Waals surface area contributed by atoms with Gasteiger partial charge in [-0.05, 0) is 20.4 Å². The number of nitrogens with one attached hydrogen (secondary N) is 1. The number of halogens is 1. The molecule has 1 aromatic rings. The smallest absolute Gasteiger partial charge is 0.169 e. The molecule has 7 heteroatoms. The molecule has 104 valence electrons. The molecule has 6 nitrogen and oxygen atoms in total. The summed E-state index contributed by atoms with van der Waals surface area (Å²) in [6.45, 7) is 4.84. The molecule has 2 aliphatic heterocycles. The van der Waals surface area contributed by atoms with Crippen molar-refractivity contribution in [2.24, 2.45) is 4.99 Å². The Morgan fingerprint density at radius 2 is 2.11 bits per heavy atom. The van der Waals surface area contributed by atoms with E-state index >= 15 is 0 Å². The van der Waals surface area contributed by atoms with Crippen molar-refractivity contribution in [1.82, 2.24) is 25.1 Å². The lowest BCUT2D eigenvalue weighted by Gasteiger charge is -2.14. The van der Waals surface area contributed by atoms with Gasteiger partial charge in [0.25, 0.3) is 0 Å². The van der Waals surface area contributed by atoms with Gasteiger partial charge in [-0.1, -0.05) is 11.6 Å². The van der Waals surface area contributed by atoms with E-state index in [2.05, 4.69) is 27.5 Å². The molecule has 1 aromatic heterocycles. The summed E-state index contributed by atoms with van der Waals surface area (Å²) >= 11 is 6.53. The Kier molecular flexibility index (Phi) is 3.24. The Balaban J connectivity index is 2.01. The van der Waals surface area contributed by atoms with Crippen molar-refractivity contribution in [1.29, 1.82) is 0 Å². The Morgan fingerprint density at radius 3 is 2.79 bits per heavy atom. The molecular formula is C12H19ClN6. The van der Waals surface area contributed by atoms with Gasteiger partial charge in [0, 0.05) is 26.7 Å². The summed E-state index contributed by atoms with van der Waals surface area (Å²) in [7, 11) is 4.05. The summed E-state index contributed by atoms with van der Waals surface area (Å²) in [5, 5.41) is 7.28. The Labute approximate surface area is 118 Å². The van der Waals surface area contributed by atoms with Gasteiger partial charge in [0.2, 0.25) is 0 Å². The van der Waals surface area contributed by atoms with E-state index in [-0.39, 0.29) is 6.17 Å². The Morgan fingerprint density at radius 1 is 1.32 bits per heavy atom. The van der Waals surface area contributed by atoms with Crippen molar-refractivity contribution in [3.63, 3.8) is 0 Å². The second-order valence-electron chi connectivity index (χ2n) is 5.24. The third-order valence-electron chi connectivity index (χ3n) is 3.55. The van der Waals surface area contributed by atoms with Crippen molar-refractivity contribution >= 4 is 17.4 Å². The molecule has 0 saturated carbocycles. The van der Waals surface area contributed by atoms with Crippen LogP contribution in [-0.4, -0.2) is 52.3 Å². The largest absolute Gasteiger partial charge is 0.300 e. The monoisotopic (exact) mass is 282 g/mol. The molecule has 1 unspecified atom stereocenters. The van der Waals surface area contributed by atoms with Crippen molar-refractivity contribution < 1.29 is 0 Å². The third kappa shape index (κ3) is 2.24. The molecular weight excluding hydrogens is 264 g/mol. The van der Waals surface area contributed by atoms with Gasteiger partial charge in [-0.2, -0.15) is 5.10 Å². The van der Waals surface area contributed by atoms with E-state index in [4.69, 9.17) is 11.6 Å². The van der Waals surface area contributed by atoms with Gasteiger partial charge < -0.3 is 4.90 Å². The summed E-state index contributed by atoms with van der Waals surface area (Å²) in [5.41, 5.74) is 5.08. The minimum atomic E-state index is 0.0697. The van der Waals surface area contributed by atoms with Crippen molar-refractivity contribution in [3.8, 4) is 0 Å². The first kappa shape index (κ1) is 12.9. The van der Waals surface area contributed by atoms with Crippen LogP contribution in [0.1, 0.15) is 24.7 Å². The fourth-order valence-electron chi connectivity index (χ4n) is 2.64. The van der Waals surface area contributed by atoms with Gasteiger partial charge in [-0.3, -0.25) is 9.69 Å². The lowest BCUT2D eigenvalue weighted by molar-refractivity contribution is 0.332. The zero-order valence-electron chi connectivity index (χ0n) is 11.5. The molecule has 0 fully saturated rings. The third-order valence-corrected chi connectivity index (χ3v) is 3.95. The van der Waals surface area contributed by atoms with E-state index in [0.717, 1.165) is 48.3 Å². The number of hydrogen-bond donors (Lipinski definition) is 1. The summed E-state index contributed by atoms with van der Waals surface area (Å²) < 4.78 is 2.03. The zero-order chi connectivity index (χ0) is 13.6. The molecule has 19 heavy (non-hydrogen) atoms. The number of amidine groups is 1. The van der Waals surface area contributed by atoms with Crippen LogP contribution in [0, 0.1) is 0 Å². The number of hydrogen-bond acceptors (Lipinski definition) is 5. The fourth-order valence-corrected chi connectivity index (χ4v) is 2.92. The molecule has 0 spiro atoms. The van der Waals surface area contributed by atoms with Crippen LogP contribution in [0.4, 0.5) is 0 Å². The average Bonchev–Trinajstić information content (AvgIpc) is 2.75. The molecule has 0 bridgehead atoms. The predicted molar refractivity (Wildman–Crippen MR) is 75.1 cm³/mol. The van der Waals surface area contributed by atoms with Crippen LogP contribution in [0.15, 0.2) is 4.99 Å². The predicted octanol–water partition coefficient (Wildman–Crippen LogP) is 0.915. The maximum absolute atomic E-state index is 6.53. The van der Waals surface area contributed by atoms with Crippen LogP contribution in [-0.2, 0) is 13.1 Å². The molecule has 3 rings (SSSR count). The van der Waals surface area contributed by atoms with E-state index in [1.54, 1.807) is 0 Å². The molecule has 1 N–H and O–H groups in total. The van der Waals surface area contributed by atoms with Crippen molar-refractivity contribution in [2.45, 2.75) is 32.6 Å². The number of aryl methyl sites for hydroxylation is 1. The molecule has 0 aliphatic carbocycles. The topological polar surface area (TPSA) is 48.7 Å². The van der Waals surface area contributed by atoms with Crippen LogP contribution < -0.4 is 5.43 Å². The summed E-state index contributed by atoms with van der Waals surface area (Å²) in [6.07, 6.45) is 1.16. The van der Waals surface area contributed by atoms with Crippen LogP contribution in [0.25, 0.3) is 0 Å². The normalized spacial score (nSPS) is 24.3. The Bertz CT molecular complexity index is 523. The van der Waals surface area contributed by atoms with Gasteiger partial charge >= 0.3 is 0 Å². The van der Waals surface area contributed by atoms with Gasteiger partial charge in [0.1, 0.15) is 11.9 Å². The molecule has 0 aromatic carbocycles. The van der Waals surface area contributed by atoms with Gasteiger partial charge in [-0.15, -0.1) is 0 Å². The SMILES string of the molecule is CC1N=C(c2nn3c(c2Cl)CN(C)CCC3)N(C)N1. The highest BCUT2D eigenvalue weighted by molar-refractivity contribution is 6.34. The maximum Gasteiger partial charge on any atom is 0.169 e. The first-order chi connectivity index (χ1) is 9.06. The van der Waals surface area contributed by atoms with Crippen LogP contribution in [0.2, 0.25) is 5.02 Å². The van der Waals surface area contributed by atoms with E-state index in [0.29, 0.717) is 0 Å². The minimum absolute atomic E-state index is 0.0697. The molecule has 0 radical (unpaired) electrons. The highest BCUT2D eigenvalue weighted by atomic mass is 35.5. The van der Waals surface area contributed by atoms with Gasteiger partial charge in [0.15, 0.2) is 5.84 Å². The fraction of sp³-hybridized carbons (Fsp3) is 0.667. The van der Waals surface area contributed by atoms with Gasteiger partial charge in [0.05, 0.1) is 10.7 Å². The van der Waals surface area contributed by atoms with Crippen LogP contribution >= 0.6 is 11.6 Å². The van der Waals surface area contributed by atoms with E-state index in [9.17, 15) is 0 Å². The maximum atomic E-state index is 6.53. The average molecular weight is 283 g/mol. The first-order valence-electron chi connectivity index (χ1n) is 6.58. The minimum Gasteiger partial charge on any atom is -0.300 e. The highest BCUT2D eigenvalue weighted by Crippen LogP contribution is 2.26. The lowest BCUT2D eigenvalue weighted by atomic mass is 10.3.